The zero-order valence-corrected chi connectivity index (χ0v) is 9.73. The van der Waals surface area contributed by atoms with Gasteiger partial charge in [-0.2, -0.15) is 0 Å². The van der Waals surface area contributed by atoms with Crippen molar-refractivity contribution in [3.05, 3.63) is 41.5 Å². The molecule has 88 valence electrons. The highest BCUT2D eigenvalue weighted by Gasteiger charge is 2.08. The van der Waals surface area contributed by atoms with E-state index in [0.29, 0.717) is 0 Å². The third kappa shape index (κ3) is 2.04. The average molecular weight is 230 g/mol. The molecule has 0 saturated carbocycles. The second kappa shape index (κ2) is 4.01. The molecular weight excluding hydrogens is 216 g/mol. The van der Waals surface area contributed by atoms with Crippen LogP contribution in [0.2, 0.25) is 0 Å². The lowest BCUT2D eigenvalue weighted by molar-refractivity contribution is 0.404. The van der Waals surface area contributed by atoms with Crippen molar-refractivity contribution in [2.45, 2.75) is 13.8 Å². The van der Waals surface area contributed by atoms with E-state index >= 15 is 0 Å². The van der Waals surface area contributed by atoms with E-state index in [-0.39, 0.29) is 17.2 Å². The Hall–Kier alpha value is -2.16. The monoisotopic (exact) mass is 230 g/mol. The number of benzene rings is 2. The predicted molar refractivity (Wildman–Crippen MR) is 66.3 cm³/mol. The van der Waals surface area contributed by atoms with Crippen molar-refractivity contribution >= 4 is 0 Å². The van der Waals surface area contributed by atoms with Gasteiger partial charge in [0.25, 0.3) is 0 Å². The molecule has 0 spiro atoms. The van der Waals surface area contributed by atoms with Gasteiger partial charge in [0.1, 0.15) is 5.75 Å². The Kier molecular flexibility index (Phi) is 2.68. The number of aromatic hydroxyl groups is 3. The van der Waals surface area contributed by atoms with Crippen LogP contribution >= 0.6 is 0 Å². The summed E-state index contributed by atoms with van der Waals surface area (Å²) in [5.41, 5.74) is 3.41. The summed E-state index contributed by atoms with van der Waals surface area (Å²) in [4.78, 5) is 0. The maximum atomic E-state index is 9.70. The first kappa shape index (κ1) is 11.3. The molecule has 0 aliphatic rings. The van der Waals surface area contributed by atoms with E-state index in [1.54, 1.807) is 12.1 Å². The van der Waals surface area contributed by atoms with Crippen LogP contribution in [0.4, 0.5) is 0 Å². The lowest BCUT2D eigenvalue weighted by atomic mass is 9.98. The molecule has 0 atom stereocenters. The lowest BCUT2D eigenvalue weighted by Gasteiger charge is -2.10. The van der Waals surface area contributed by atoms with Gasteiger partial charge >= 0.3 is 0 Å². The Morgan fingerprint density at radius 2 is 1.41 bits per heavy atom. The second-order valence-electron chi connectivity index (χ2n) is 4.16. The molecule has 3 heteroatoms. The number of aryl methyl sites for hydroxylation is 2. The molecule has 0 aliphatic heterocycles. The molecule has 3 N–H and O–H groups in total. The summed E-state index contributed by atoms with van der Waals surface area (Å²) in [6.45, 7) is 3.77. The van der Waals surface area contributed by atoms with Gasteiger partial charge in [-0.3, -0.25) is 0 Å². The molecule has 0 unspecified atom stereocenters. The third-order valence-corrected chi connectivity index (χ3v) is 2.83. The van der Waals surface area contributed by atoms with Crippen LogP contribution in [-0.4, -0.2) is 15.3 Å². The Morgan fingerprint density at radius 3 is 2.06 bits per heavy atom. The molecule has 2 rings (SSSR count). The van der Waals surface area contributed by atoms with Gasteiger partial charge in [-0.15, -0.1) is 0 Å². The van der Waals surface area contributed by atoms with Crippen LogP contribution in [0.5, 0.6) is 17.2 Å². The van der Waals surface area contributed by atoms with Gasteiger partial charge in [0.15, 0.2) is 11.5 Å². The number of phenols is 3. The molecule has 2 aromatic rings. The molecule has 2 aromatic carbocycles. The molecule has 0 bridgehead atoms. The quantitative estimate of drug-likeness (QED) is 0.660. The van der Waals surface area contributed by atoms with Crippen molar-refractivity contribution in [3.63, 3.8) is 0 Å². The molecular formula is C14H14O3. The van der Waals surface area contributed by atoms with E-state index in [9.17, 15) is 15.3 Å². The average Bonchev–Trinajstić information content (AvgIpc) is 2.27. The highest BCUT2D eigenvalue weighted by atomic mass is 16.3. The highest BCUT2D eigenvalue weighted by Crippen LogP contribution is 2.34. The summed E-state index contributed by atoms with van der Waals surface area (Å²) in [6.07, 6.45) is 0. The van der Waals surface area contributed by atoms with Crippen LogP contribution in [0.1, 0.15) is 11.1 Å². The van der Waals surface area contributed by atoms with E-state index in [0.717, 1.165) is 22.3 Å². The van der Waals surface area contributed by atoms with Crippen LogP contribution in [0.15, 0.2) is 30.3 Å². The molecule has 0 radical (unpaired) electrons. The van der Waals surface area contributed by atoms with Crippen LogP contribution in [0.25, 0.3) is 11.1 Å². The van der Waals surface area contributed by atoms with Gasteiger partial charge in [0, 0.05) is 0 Å². The van der Waals surface area contributed by atoms with Crippen LogP contribution in [0.3, 0.4) is 0 Å². The summed E-state index contributed by atoms with van der Waals surface area (Å²) in [7, 11) is 0. The molecule has 0 aromatic heterocycles. The molecule has 0 fully saturated rings. The van der Waals surface area contributed by atoms with Gasteiger partial charge in [-0.05, 0) is 54.3 Å². The Bertz CT molecular complexity index is 574. The number of phenolic OH excluding ortho intramolecular Hbond substituents is 3. The van der Waals surface area contributed by atoms with Crippen molar-refractivity contribution in [1.29, 1.82) is 0 Å². The van der Waals surface area contributed by atoms with Crippen molar-refractivity contribution in [1.82, 2.24) is 0 Å². The smallest absolute Gasteiger partial charge is 0.158 e. The van der Waals surface area contributed by atoms with Gasteiger partial charge in [-0.1, -0.05) is 12.1 Å². The van der Waals surface area contributed by atoms with Gasteiger partial charge < -0.3 is 15.3 Å². The summed E-state index contributed by atoms with van der Waals surface area (Å²) in [5.74, 6) is -0.0946. The highest BCUT2D eigenvalue weighted by molar-refractivity contribution is 5.72. The second-order valence-corrected chi connectivity index (χ2v) is 4.16. The van der Waals surface area contributed by atoms with E-state index in [1.165, 1.54) is 12.1 Å². The molecule has 0 saturated heterocycles. The van der Waals surface area contributed by atoms with E-state index < -0.39 is 0 Å². The van der Waals surface area contributed by atoms with Crippen LogP contribution < -0.4 is 0 Å². The SMILES string of the molecule is Cc1cc(C)c(-c2ccc(O)c(O)c2)cc1O. The summed E-state index contributed by atoms with van der Waals surface area (Å²) < 4.78 is 0. The minimum absolute atomic E-state index is 0.150. The fourth-order valence-electron chi connectivity index (χ4n) is 1.84. The summed E-state index contributed by atoms with van der Waals surface area (Å²) >= 11 is 0. The first-order chi connectivity index (χ1) is 7.99. The predicted octanol–water partition coefficient (Wildman–Crippen LogP) is 3.09. The topological polar surface area (TPSA) is 60.7 Å². The molecule has 0 aliphatic carbocycles. The van der Waals surface area contributed by atoms with E-state index in [4.69, 9.17) is 0 Å². The largest absolute Gasteiger partial charge is 0.508 e. The van der Waals surface area contributed by atoms with Crippen molar-refractivity contribution in [2.24, 2.45) is 0 Å². The van der Waals surface area contributed by atoms with Gasteiger partial charge in [0.05, 0.1) is 0 Å². The van der Waals surface area contributed by atoms with Crippen molar-refractivity contribution in [3.8, 4) is 28.4 Å². The number of hydrogen-bond acceptors (Lipinski definition) is 3. The Morgan fingerprint density at radius 1 is 0.706 bits per heavy atom. The first-order valence-corrected chi connectivity index (χ1v) is 5.31. The van der Waals surface area contributed by atoms with Crippen molar-refractivity contribution < 1.29 is 15.3 Å². The van der Waals surface area contributed by atoms with Gasteiger partial charge in [-0.25, -0.2) is 0 Å². The molecule has 0 amide bonds. The normalized spacial score (nSPS) is 10.5. The lowest BCUT2D eigenvalue weighted by Crippen LogP contribution is -1.86. The zero-order valence-electron chi connectivity index (χ0n) is 9.73. The Labute approximate surface area is 99.6 Å². The standard InChI is InChI=1S/C14H14O3/c1-8-5-9(2)13(16)7-11(8)10-3-4-12(15)14(17)6-10/h3-7,15-17H,1-2H3. The fraction of sp³-hybridized carbons (Fsp3) is 0.143. The maximum absolute atomic E-state index is 9.70. The number of hydrogen-bond donors (Lipinski definition) is 3. The minimum Gasteiger partial charge on any atom is -0.508 e. The van der Waals surface area contributed by atoms with E-state index in [1.807, 2.05) is 19.9 Å². The zero-order chi connectivity index (χ0) is 12.6. The van der Waals surface area contributed by atoms with E-state index in [2.05, 4.69) is 0 Å². The summed E-state index contributed by atoms with van der Waals surface area (Å²) in [5, 5.41) is 28.4. The van der Waals surface area contributed by atoms with Crippen LogP contribution in [-0.2, 0) is 0 Å². The third-order valence-electron chi connectivity index (χ3n) is 2.83. The van der Waals surface area contributed by atoms with Crippen molar-refractivity contribution in [2.75, 3.05) is 0 Å². The molecule has 0 heterocycles. The number of rotatable bonds is 1. The molecule has 3 nitrogen and oxygen atoms in total. The minimum atomic E-state index is -0.165. The fourth-order valence-corrected chi connectivity index (χ4v) is 1.84. The van der Waals surface area contributed by atoms with Gasteiger partial charge in [0.2, 0.25) is 0 Å². The first-order valence-electron chi connectivity index (χ1n) is 5.31. The summed E-state index contributed by atoms with van der Waals surface area (Å²) in [6, 6.07) is 8.16. The Balaban J connectivity index is 2.60. The van der Waals surface area contributed by atoms with Crippen LogP contribution in [0, 0.1) is 13.8 Å². The maximum Gasteiger partial charge on any atom is 0.158 e. The molecule has 17 heavy (non-hydrogen) atoms.